The SMILES string of the molecule is CCCCCC(CC1C(C)CCCC(C2CC(CC)C(C3CCC(C(CC)CCCC)CCC(C)C3)CCCC2C)CCCC1C)C(CC)CCCC. The van der Waals surface area contributed by atoms with Crippen molar-refractivity contribution in [3.05, 3.63) is 0 Å². The van der Waals surface area contributed by atoms with E-state index in [0.29, 0.717) is 0 Å². The molecule has 3 fully saturated rings. The first kappa shape index (κ1) is 47.4. The van der Waals surface area contributed by atoms with Gasteiger partial charge in [-0.2, -0.15) is 0 Å². The fraction of sp³-hybridized carbons (Fsp3) is 1.00. The van der Waals surface area contributed by atoms with Crippen molar-refractivity contribution in [1.29, 1.82) is 0 Å². The second kappa shape index (κ2) is 26.8. The molecule has 3 saturated carbocycles. The van der Waals surface area contributed by atoms with Crippen LogP contribution in [0.2, 0.25) is 0 Å². The zero-order valence-corrected chi connectivity index (χ0v) is 38.6. The summed E-state index contributed by atoms with van der Waals surface area (Å²) < 4.78 is 0. The van der Waals surface area contributed by atoms with Gasteiger partial charge in [-0.05, 0) is 128 Å². The Labute approximate surface area is 337 Å². The van der Waals surface area contributed by atoms with E-state index in [4.69, 9.17) is 0 Å². The summed E-state index contributed by atoms with van der Waals surface area (Å²) in [5, 5.41) is 0. The minimum atomic E-state index is 0.906. The molecule has 0 heteroatoms. The largest absolute Gasteiger partial charge is 0.0654 e. The molecular formula is C53H102. The molecule has 0 heterocycles. The van der Waals surface area contributed by atoms with Gasteiger partial charge in [-0.3, -0.25) is 0 Å². The zero-order chi connectivity index (χ0) is 38.6. The van der Waals surface area contributed by atoms with Gasteiger partial charge in [0.05, 0.1) is 0 Å². The van der Waals surface area contributed by atoms with E-state index in [-0.39, 0.29) is 0 Å². The summed E-state index contributed by atoms with van der Waals surface area (Å²) in [6, 6.07) is 0. The van der Waals surface area contributed by atoms with Crippen molar-refractivity contribution >= 4 is 0 Å². The van der Waals surface area contributed by atoms with Crippen LogP contribution in [0.25, 0.3) is 0 Å². The van der Waals surface area contributed by atoms with Crippen LogP contribution in [0.4, 0.5) is 0 Å². The highest BCUT2D eigenvalue weighted by molar-refractivity contribution is 4.89. The average Bonchev–Trinajstić information content (AvgIpc) is 3.14. The molecule has 3 aliphatic rings. The lowest BCUT2D eigenvalue weighted by Gasteiger charge is -2.44. The summed E-state index contributed by atoms with van der Waals surface area (Å²) >= 11 is 0. The first-order chi connectivity index (χ1) is 25.7. The van der Waals surface area contributed by atoms with Gasteiger partial charge in [-0.1, -0.05) is 210 Å². The van der Waals surface area contributed by atoms with Crippen LogP contribution in [0.5, 0.6) is 0 Å². The lowest BCUT2D eigenvalue weighted by atomic mass is 9.61. The van der Waals surface area contributed by atoms with Crippen molar-refractivity contribution in [2.75, 3.05) is 0 Å². The molecule has 0 amide bonds. The van der Waals surface area contributed by atoms with Crippen molar-refractivity contribution in [3.63, 3.8) is 0 Å². The highest BCUT2D eigenvalue weighted by Crippen LogP contribution is 2.49. The smallest absolute Gasteiger partial charge is 0.0357 e. The second-order valence-corrected chi connectivity index (χ2v) is 21.0. The van der Waals surface area contributed by atoms with E-state index in [9.17, 15) is 0 Å². The van der Waals surface area contributed by atoms with E-state index in [0.717, 1.165) is 82.9 Å². The topological polar surface area (TPSA) is 0 Å². The van der Waals surface area contributed by atoms with Crippen LogP contribution in [0.3, 0.4) is 0 Å². The normalized spacial score (nSPS) is 36.0. The van der Waals surface area contributed by atoms with Crippen LogP contribution in [0, 0.1) is 82.9 Å². The molecule has 314 valence electrons. The standard InChI is InChI=1S/C53H102/c1-11-17-20-29-49(45(15-5)28-19-13-3)39-52-41(8)24-21-30-48(31-22-25-42(52)9)53-38-46(16-6)51(32-23-26-43(53)10)50-36-35-47(34-33-40(7)37-50)44(14-4)27-18-12-2/h40-53H,11-39H2,1-10H3. The van der Waals surface area contributed by atoms with Crippen molar-refractivity contribution in [3.8, 4) is 0 Å². The van der Waals surface area contributed by atoms with E-state index in [1.807, 2.05) is 0 Å². The van der Waals surface area contributed by atoms with Gasteiger partial charge in [0.15, 0.2) is 0 Å². The van der Waals surface area contributed by atoms with E-state index in [1.54, 1.807) is 25.7 Å². The van der Waals surface area contributed by atoms with Crippen LogP contribution in [-0.4, -0.2) is 0 Å². The summed E-state index contributed by atoms with van der Waals surface area (Å²) in [6.45, 7) is 25.6. The predicted octanol–water partition coefficient (Wildman–Crippen LogP) is 18.2. The number of rotatable bonds is 19. The van der Waals surface area contributed by atoms with Gasteiger partial charge in [0.2, 0.25) is 0 Å². The number of hydrogen-bond donors (Lipinski definition) is 0. The molecule has 0 aromatic carbocycles. The molecule has 0 aliphatic heterocycles. The third-order valence-electron chi connectivity index (χ3n) is 17.4. The minimum Gasteiger partial charge on any atom is -0.0654 e. The van der Waals surface area contributed by atoms with E-state index in [2.05, 4.69) is 69.2 Å². The molecule has 3 aliphatic carbocycles. The molecule has 3 rings (SSSR count). The molecule has 53 heavy (non-hydrogen) atoms. The Morgan fingerprint density at radius 3 is 1.70 bits per heavy atom. The molecular weight excluding hydrogens is 637 g/mol. The number of unbranched alkanes of at least 4 members (excludes halogenated alkanes) is 4. The first-order valence-electron chi connectivity index (χ1n) is 25.7. The van der Waals surface area contributed by atoms with Crippen LogP contribution in [-0.2, 0) is 0 Å². The molecule has 12 atom stereocenters. The number of hydrogen-bond acceptors (Lipinski definition) is 0. The predicted molar refractivity (Wildman–Crippen MR) is 239 cm³/mol. The quantitative estimate of drug-likeness (QED) is 0.116. The third-order valence-corrected chi connectivity index (χ3v) is 17.4. The highest BCUT2D eigenvalue weighted by atomic mass is 14.4. The summed E-state index contributed by atoms with van der Waals surface area (Å²) in [6.07, 6.45) is 43.1. The van der Waals surface area contributed by atoms with Gasteiger partial charge in [0.1, 0.15) is 0 Å². The Bertz CT molecular complexity index is 857. The highest BCUT2D eigenvalue weighted by Gasteiger charge is 2.39. The molecule has 0 aromatic rings. The van der Waals surface area contributed by atoms with Crippen LogP contribution < -0.4 is 0 Å². The van der Waals surface area contributed by atoms with Gasteiger partial charge < -0.3 is 0 Å². The van der Waals surface area contributed by atoms with Crippen LogP contribution >= 0.6 is 0 Å². The Hall–Kier alpha value is 0. The van der Waals surface area contributed by atoms with E-state index < -0.39 is 0 Å². The molecule has 0 nitrogen and oxygen atoms in total. The van der Waals surface area contributed by atoms with Crippen molar-refractivity contribution < 1.29 is 0 Å². The lowest BCUT2D eigenvalue weighted by molar-refractivity contribution is 0.0625. The van der Waals surface area contributed by atoms with Gasteiger partial charge in [0, 0.05) is 0 Å². The first-order valence-corrected chi connectivity index (χ1v) is 25.7. The second-order valence-electron chi connectivity index (χ2n) is 21.0. The molecule has 0 bridgehead atoms. The summed E-state index contributed by atoms with van der Waals surface area (Å²) in [5.74, 6) is 13.5. The van der Waals surface area contributed by atoms with Gasteiger partial charge in [0.25, 0.3) is 0 Å². The maximum Gasteiger partial charge on any atom is -0.0357 e. The Morgan fingerprint density at radius 2 is 1.08 bits per heavy atom. The maximum absolute atomic E-state index is 2.71. The van der Waals surface area contributed by atoms with Crippen LogP contribution in [0.15, 0.2) is 0 Å². The van der Waals surface area contributed by atoms with Gasteiger partial charge in [-0.25, -0.2) is 0 Å². The fourth-order valence-electron chi connectivity index (χ4n) is 13.8. The minimum absolute atomic E-state index is 0.906. The van der Waals surface area contributed by atoms with E-state index in [1.165, 1.54) is 161 Å². The molecule has 0 N–H and O–H groups in total. The monoisotopic (exact) mass is 739 g/mol. The third kappa shape index (κ3) is 15.7. The van der Waals surface area contributed by atoms with Crippen LogP contribution in [0.1, 0.15) is 255 Å². The summed E-state index contributed by atoms with van der Waals surface area (Å²) in [4.78, 5) is 0. The average molecular weight is 739 g/mol. The van der Waals surface area contributed by atoms with Gasteiger partial charge in [-0.15, -0.1) is 0 Å². The lowest BCUT2D eigenvalue weighted by Crippen LogP contribution is -2.34. The molecule has 12 unspecified atom stereocenters. The van der Waals surface area contributed by atoms with Crippen molar-refractivity contribution in [1.82, 2.24) is 0 Å². The maximum atomic E-state index is 2.71. The molecule has 0 aromatic heterocycles. The summed E-state index contributed by atoms with van der Waals surface area (Å²) in [7, 11) is 0. The zero-order valence-electron chi connectivity index (χ0n) is 38.6. The van der Waals surface area contributed by atoms with Crippen molar-refractivity contribution in [2.45, 2.75) is 255 Å². The Balaban J connectivity index is 1.70. The molecule has 0 radical (unpaired) electrons. The molecule has 0 spiro atoms. The van der Waals surface area contributed by atoms with Crippen molar-refractivity contribution in [2.24, 2.45) is 82.9 Å². The summed E-state index contributed by atoms with van der Waals surface area (Å²) in [5.41, 5.74) is 0. The van der Waals surface area contributed by atoms with Gasteiger partial charge >= 0.3 is 0 Å². The Kier molecular flexibility index (Phi) is 24.0. The Morgan fingerprint density at radius 1 is 0.472 bits per heavy atom. The fourth-order valence-corrected chi connectivity index (χ4v) is 13.8. The molecule has 0 saturated heterocycles. The van der Waals surface area contributed by atoms with E-state index >= 15 is 0 Å².